The van der Waals surface area contributed by atoms with E-state index in [9.17, 15) is 9.90 Å². The lowest BCUT2D eigenvalue weighted by molar-refractivity contribution is 0.0695. The van der Waals surface area contributed by atoms with E-state index < -0.39 is 5.97 Å². The van der Waals surface area contributed by atoms with Gasteiger partial charge in [-0.25, -0.2) is 4.79 Å². The van der Waals surface area contributed by atoms with Crippen molar-refractivity contribution in [3.05, 3.63) is 83.6 Å². The monoisotopic (exact) mass is 347 g/mol. The fraction of sp³-hybridized carbons (Fsp3) is 0.182. The quantitative estimate of drug-likeness (QED) is 0.677. The van der Waals surface area contributed by atoms with E-state index in [0.717, 1.165) is 29.0 Å². The minimum atomic E-state index is -0.954. The van der Waals surface area contributed by atoms with Gasteiger partial charge in [0.05, 0.1) is 23.6 Å². The zero-order valence-corrected chi connectivity index (χ0v) is 14.7. The number of carboxylic acids is 1. The number of benzene rings is 2. The second kappa shape index (κ2) is 8.30. The third kappa shape index (κ3) is 4.09. The Bertz CT molecular complexity index is 891. The zero-order valence-electron chi connectivity index (χ0n) is 14.7. The van der Waals surface area contributed by atoms with Crippen molar-refractivity contribution in [2.45, 2.75) is 19.8 Å². The lowest BCUT2D eigenvalue weighted by Gasteiger charge is -2.12. The number of nitrogens with zero attached hydrogens (tertiary/aromatic N) is 1. The summed E-state index contributed by atoms with van der Waals surface area (Å²) in [6.07, 6.45) is 1.31. The van der Waals surface area contributed by atoms with Crippen LogP contribution in [0.1, 0.15) is 28.5 Å². The topological polar surface area (TPSA) is 59.4 Å². The third-order valence-corrected chi connectivity index (χ3v) is 4.16. The SMILES string of the molecule is CCOc1ccccc1-c1ccc(C(=O)O)c(CCc2ccccc2)n1. The maximum atomic E-state index is 11.6. The van der Waals surface area contributed by atoms with Crippen molar-refractivity contribution in [2.24, 2.45) is 0 Å². The molecule has 0 aliphatic carbocycles. The molecule has 1 aromatic heterocycles. The van der Waals surface area contributed by atoms with Crippen LogP contribution in [0.3, 0.4) is 0 Å². The van der Waals surface area contributed by atoms with Crippen LogP contribution >= 0.6 is 0 Å². The molecule has 0 aliphatic heterocycles. The summed E-state index contributed by atoms with van der Waals surface area (Å²) in [7, 11) is 0. The average Bonchev–Trinajstić information content (AvgIpc) is 2.67. The molecule has 3 aromatic rings. The molecule has 1 N–H and O–H groups in total. The van der Waals surface area contributed by atoms with Crippen LogP contribution in [0, 0.1) is 0 Å². The Kier molecular flexibility index (Phi) is 5.64. The van der Waals surface area contributed by atoms with Crippen molar-refractivity contribution < 1.29 is 14.6 Å². The molecule has 0 saturated carbocycles. The van der Waals surface area contributed by atoms with Crippen molar-refractivity contribution in [2.75, 3.05) is 6.61 Å². The predicted molar refractivity (Wildman–Crippen MR) is 102 cm³/mol. The molecule has 0 amide bonds. The van der Waals surface area contributed by atoms with Crippen molar-refractivity contribution in [1.29, 1.82) is 0 Å². The highest BCUT2D eigenvalue weighted by Crippen LogP contribution is 2.29. The van der Waals surface area contributed by atoms with Gasteiger partial charge in [-0.1, -0.05) is 42.5 Å². The van der Waals surface area contributed by atoms with Gasteiger partial charge in [0, 0.05) is 5.56 Å². The molecule has 0 saturated heterocycles. The van der Waals surface area contributed by atoms with Gasteiger partial charge in [-0.3, -0.25) is 4.98 Å². The summed E-state index contributed by atoms with van der Waals surface area (Å²) in [5.41, 5.74) is 3.59. The first-order valence-electron chi connectivity index (χ1n) is 8.68. The van der Waals surface area contributed by atoms with Crippen molar-refractivity contribution in [3.8, 4) is 17.0 Å². The number of aromatic nitrogens is 1. The van der Waals surface area contributed by atoms with E-state index in [1.807, 2.05) is 61.5 Å². The van der Waals surface area contributed by atoms with Crippen molar-refractivity contribution in [3.63, 3.8) is 0 Å². The second-order valence-electron chi connectivity index (χ2n) is 5.91. The number of para-hydroxylation sites is 1. The summed E-state index contributed by atoms with van der Waals surface area (Å²) in [6.45, 7) is 2.49. The Balaban J connectivity index is 1.95. The zero-order chi connectivity index (χ0) is 18.4. The highest BCUT2D eigenvalue weighted by Gasteiger charge is 2.15. The number of carbonyl (C=O) groups is 1. The molecule has 26 heavy (non-hydrogen) atoms. The molecule has 0 atom stereocenters. The molecular formula is C22H21NO3. The van der Waals surface area contributed by atoms with Crippen LogP contribution in [0.25, 0.3) is 11.3 Å². The number of aromatic carboxylic acids is 1. The van der Waals surface area contributed by atoms with Crippen LogP contribution < -0.4 is 4.74 Å². The number of ether oxygens (including phenoxy) is 1. The minimum Gasteiger partial charge on any atom is -0.493 e. The highest BCUT2D eigenvalue weighted by atomic mass is 16.5. The summed E-state index contributed by atoms with van der Waals surface area (Å²) in [5.74, 6) is -0.204. The molecular weight excluding hydrogens is 326 g/mol. The Labute approximate surface area is 153 Å². The van der Waals surface area contributed by atoms with Gasteiger partial charge in [-0.15, -0.1) is 0 Å². The summed E-state index contributed by atoms with van der Waals surface area (Å²) in [6, 6.07) is 21.1. The van der Waals surface area contributed by atoms with Crippen molar-refractivity contribution in [1.82, 2.24) is 4.98 Å². The minimum absolute atomic E-state index is 0.249. The van der Waals surface area contributed by atoms with E-state index >= 15 is 0 Å². The molecule has 4 heteroatoms. The molecule has 0 aliphatic rings. The average molecular weight is 347 g/mol. The number of pyridine rings is 1. The fourth-order valence-electron chi connectivity index (χ4n) is 2.90. The third-order valence-electron chi connectivity index (χ3n) is 4.16. The van der Waals surface area contributed by atoms with Crippen LogP contribution in [-0.2, 0) is 12.8 Å². The summed E-state index contributed by atoms with van der Waals surface area (Å²) in [4.78, 5) is 16.2. The number of aryl methyl sites for hydroxylation is 2. The number of carboxylic acid groups (broad SMARTS) is 1. The molecule has 0 unspecified atom stereocenters. The van der Waals surface area contributed by atoms with E-state index in [-0.39, 0.29) is 5.56 Å². The molecule has 0 fully saturated rings. The predicted octanol–water partition coefficient (Wildman–Crippen LogP) is 4.63. The molecule has 2 aromatic carbocycles. The maximum Gasteiger partial charge on any atom is 0.337 e. The van der Waals surface area contributed by atoms with Crippen LogP contribution in [0.5, 0.6) is 5.75 Å². The van der Waals surface area contributed by atoms with Gasteiger partial charge in [0.2, 0.25) is 0 Å². The van der Waals surface area contributed by atoms with Crippen LogP contribution in [0.4, 0.5) is 0 Å². The summed E-state index contributed by atoms with van der Waals surface area (Å²) in [5, 5.41) is 9.50. The lowest BCUT2D eigenvalue weighted by Crippen LogP contribution is -2.07. The normalized spacial score (nSPS) is 10.5. The van der Waals surface area contributed by atoms with Crippen LogP contribution in [-0.4, -0.2) is 22.7 Å². The van der Waals surface area contributed by atoms with Gasteiger partial charge in [-0.2, -0.15) is 0 Å². The Morgan fingerprint density at radius 1 is 0.962 bits per heavy atom. The summed E-state index contributed by atoms with van der Waals surface area (Å²) >= 11 is 0. The van der Waals surface area contributed by atoms with E-state index in [2.05, 4.69) is 4.98 Å². The van der Waals surface area contributed by atoms with Gasteiger partial charge in [0.15, 0.2) is 0 Å². The number of hydrogen-bond donors (Lipinski definition) is 1. The largest absolute Gasteiger partial charge is 0.493 e. The standard InChI is InChI=1S/C22H21NO3/c1-2-26-21-11-7-6-10-17(21)19-15-13-18(22(24)25)20(23-19)14-12-16-8-4-3-5-9-16/h3-11,13,15H,2,12,14H2,1H3,(H,24,25). The first-order chi connectivity index (χ1) is 12.7. The van der Waals surface area contributed by atoms with Gasteiger partial charge in [0.25, 0.3) is 0 Å². The van der Waals surface area contributed by atoms with Crippen LogP contribution in [0.15, 0.2) is 66.7 Å². The van der Waals surface area contributed by atoms with Gasteiger partial charge < -0.3 is 9.84 Å². The maximum absolute atomic E-state index is 11.6. The Morgan fingerprint density at radius 3 is 2.42 bits per heavy atom. The smallest absolute Gasteiger partial charge is 0.337 e. The molecule has 3 rings (SSSR count). The van der Waals surface area contributed by atoms with Gasteiger partial charge in [-0.05, 0) is 49.6 Å². The Morgan fingerprint density at radius 2 is 1.69 bits per heavy atom. The molecule has 0 bridgehead atoms. The molecule has 132 valence electrons. The van der Waals surface area contributed by atoms with Gasteiger partial charge >= 0.3 is 5.97 Å². The Hall–Kier alpha value is -3.14. The van der Waals surface area contributed by atoms with E-state index in [1.165, 1.54) is 0 Å². The first-order valence-corrected chi connectivity index (χ1v) is 8.68. The highest BCUT2D eigenvalue weighted by molar-refractivity contribution is 5.89. The number of rotatable bonds is 7. The van der Waals surface area contributed by atoms with Gasteiger partial charge in [0.1, 0.15) is 5.75 Å². The van der Waals surface area contributed by atoms with Crippen molar-refractivity contribution >= 4 is 5.97 Å². The summed E-state index contributed by atoms with van der Waals surface area (Å²) < 4.78 is 5.68. The first kappa shape index (κ1) is 17.7. The second-order valence-corrected chi connectivity index (χ2v) is 5.91. The van der Waals surface area contributed by atoms with E-state index in [1.54, 1.807) is 12.1 Å². The van der Waals surface area contributed by atoms with Crippen LogP contribution in [0.2, 0.25) is 0 Å². The lowest BCUT2D eigenvalue weighted by atomic mass is 10.0. The van der Waals surface area contributed by atoms with E-state index in [4.69, 9.17) is 4.74 Å². The molecule has 1 heterocycles. The number of hydrogen-bond acceptors (Lipinski definition) is 3. The fourth-order valence-corrected chi connectivity index (χ4v) is 2.90. The molecule has 4 nitrogen and oxygen atoms in total. The molecule has 0 spiro atoms. The molecule has 0 radical (unpaired) electrons. The van der Waals surface area contributed by atoms with E-state index in [0.29, 0.717) is 18.7 Å².